The Morgan fingerprint density at radius 3 is 1.49 bits per heavy atom. The van der Waals surface area contributed by atoms with Crippen LogP contribution in [0.3, 0.4) is 0 Å². The van der Waals surface area contributed by atoms with E-state index in [0.29, 0.717) is 0 Å². The van der Waals surface area contributed by atoms with Crippen LogP contribution < -0.4 is 21.2 Å². The molecule has 0 aliphatic rings. The number of hydrogen-bond acceptors (Lipinski definition) is 3. The Bertz CT molecular complexity index is 1550. The lowest BCUT2D eigenvalue weighted by Crippen LogP contribution is -3.61. The fourth-order valence-electron chi connectivity index (χ4n) is 5.06. The van der Waals surface area contributed by atoms with E-state index in [-0.39, 0.29) is 32.7 Å². The molecule has 0 saturated carbocycles. The van der Waals surface area contributed by atoms with Crippen LogP contribution in [0, 0.1) is 7.14 Å². The van der Waals surface area contributed by atoms with Crippen LogP contribution in [0.5, 0.6) is 0 Å². The van der Waals surface area contributed by atoms with Gasteiger partial charge in [-0.15, -0.1) is 0 Å². The van der Waals surface area contributed by atoms with E-state index >= 15 is 0 Å². The molecule has 0 N–H and O–H groups in total. The van der Waals surface area contributed by atoms with Crippen molar-refractivity contribution in [1.29, 1.82) is 0 Å². The first-order valence-corrected chi connectivity index (χ1v) is 19.2. The van der Waals surface area contributed by atoms with E-state index in [4.69, 9.17) is 4.18 Å². The van der Waals surface area contributed by atoms with Gasteiger partial charge in [-0.2, -0.15) is 8.42 Å². The quantitative estimate of drug-likeness (QED) is 0.0646. The standard InChI is InChI=1S/C20H14I.C18H30O3S/c1-3-11-17-15(7-1)9-5-13-19(17)21-20-14-6-10-16-8-2-4-12-18(16)20;1-2-3-4-5-6-7-8-9-10-14-17-21-22(19,20)18-15-12-11-13-16-18/h1-14H;11-13,15-16H,2-10,14,17H2,1H3/q+1;. The SMILES string of the molecule is CCCCCCCCCCCCOS(=O)(=O)c1ccccc1.c1ccc2c([I+]c3cccc4ccccc34)cccc2c1. The highest BCUT2D eigenvalue weighted by molar-refractivity contribution is 7.86. The van der Waals surface area contributed by atoms with Crippen LogP contribution in [0.4, 0.5) is 0 Å². The van der Waals surface area contributed by atoms with E-state index in [1.54, 1.807) is 30.3 Å². The van der Waals surface area contributed by atoms with Crippen LogP contribution >= 0.6 is 0 Å². The molecule has 5 aromatic carbocycles. The molecular formula is C38H44IO3S+. The minimum Gasteiger partial charge on any atom is -0.266 e. The molecule has 0 spiro atoms. The van der Waals surface area contributed by atoms with Gasteiger partial charge in [-0.05, 0) is 53.6 Å². The van der Waals surface area contributed by atoms with Gasteiger partial charge in [0, 0.05) is 10.8 Å². The molecule has 0 unspecified atom stereocenters. The lowest BCUT2D eigenvalue weighted by atomic mass is 10.1. The van der Waals surface area contributed by atoms with Crippen molar-refractivity contribution in [3.8, 4) is 0 Å². The fraction of sp³-hybridized carbons (Fsp3) is 0.316. The van der Waals surface area contributed by atoms with Gasteiger partial charge in [0.05, 0.1) is 11.5 Å². The molecule has 0 atom stereocenters. The molecule has 226 valence electrons. The largest absolute Gasteiger partial charge is 0.359 e. The number of benzene rings is 5. The van der Waals surface area contributed by atoms with Gasteiger partial charge >= 0.3 is 21.2 Å². The predicted octanol–water partition coefficient (Wildman–Crippen LogP) is 7.43. The number of unbranched alkanes of at least 4 members (excludes halogenated alkanes) is 9. The maximum Gasteiger partial charge on any atom is 0.359 e. The third kappa shape index (κ3) is 10.7. The number of hydrogen-bond donors (Lipinski definition) is 0. The summed E-state index contributed by atoms with van der Waals surface area (Å²) in [6.07, 6.45) is 12.3. The topological polar surface area (TPSA) is 43.4 Å². The summed E-state index contributed by atoms with van der Waals surface area (Å²) in [5.74, 6) is 0. The average molecular weight is 708 g/mol. The van der Waals surface area contributed by atoms with Crippen molar-refractivity contribution in [2.24, 2.45) is 0 Å². The number of halogens is 1. The maximum atomic E-state index is 11.9. The van der Waals surface area contributed by atoms with Crippen LogP contribution in [-0.2, 0) is 14.3 Å². The van der Waals surface area contributed by atoms with Gasteiger partial charge in [0.25, 0.3) is 10.1 Å². The number of fused-ring (bicyclic) bond motifs is 2. The summed E-state index contributed by atoms with van der Waals surface area (Å²) < 4.78 is 31.8. The van der Waals surface area contributed by atoms with Crippen molar-refractivity contribution in [2.75, 3.05) is 6.61 Å². The molecule has 0 aromatic heterocycles. The van der Waals surface area contributed by atoms with Gasteiger partial charge < -0.3 is 0 Å². The lowest BCUT2D eigenvalue weighted by Gasteiger charge is -2.05. The van der Waals surface area contributed by atoms with Crippen molar-refractivity contribution in [3.63, 3.8) is 0 Å². The van der Waals surface area contributed by atoms with E-state index in [1.807, 2.05) is 0 Å². The predicted molar refractivity (Wildman–Crippen MR) is 177 cm³/mol. The van der Waals surface area contributed by atoms with Crippen LogP contribution in [-0.4, -0.2) is 15.0 Å². The lowest BCUT2D eigenvalue weighted by molar-refractivity contribution is -0.592. The molecule has 0 aliphatic carbocycles. The summed E-state index contributed by atoms with van der Waals surface area (Å²) in [6, 6.07) is 39.1. The van der Waals surface area contributed by atoms with Crippen molar-refractivity contribution in [2.45, 2.75) is 76.0 Å². The molecule has 3 nitrogen and oxygen atoms in total. The fourth-order valence-corrected chi connectivity index (χ4v) is 8.99. The van der Waals surface area contributed by atoms with Crippen LogP contribution in [0.2, 0.25) is 0 Å². The highest BCUT2D eigenvalue weighted by Gasteiger charge is 2.20. The van der Waals surface area contributed by atoms with Crippen molar-refractivity contribution in [3.05, 3.63) is 122 Å². The monoisotopic (exact) mass is 707 g/mol. The van der Waals surface area contributed by atoms with Crippen molar-refractivity contribution < 1.29 is 33.8 Å². The zero-order chi connectivity index (χ0) is 30.2. The Balaban J connectivity index is 0.000000197. The van der Waals surface area contributed by atoms with Crippen LogP contribution in [0.15, 0.2) is 120 Å². The van der Waals surface area contributed by atoms with Gasteiger partial charge in [-0.1, -0.05) is 144 Å². The third-order valence-electron chi connectivity index (χ3n) is 7.44. The first-order chi connectivity index (χ1) is 21.1. The molecule has 5 aromatic rings. The minimum absolute atomic E-state index is 0.176. The summed E-state index contributed by atoms with van der Waals surface area (Å²) in [7, 11) is -3.57. The van der Waals surface area contributed by atoms with Crippen LogP contribution in [0.25, 0.3) is 21.5 Å². The normalized spacial score (nSPS) is 11.4. The minimum atomic E-state index is -3.57. The average Bonchev–Trinajstić information content (AvgIpc) is 3.05. The molecule has 0 amide bonds. The molecule has 43 heavy (non-hydrogen) atoms. The molecule has 0 bridgehead atoms. The van der Waals surface area contributed by atoms with Gasteiger partial charge in [0.1, 0.15) is 0 Å². The molecular weight excluding hydrogens is 663 g/mol. The van der Waals surface area contributed by atoms with Gasteiger partial charge in [0.2, 0.25) is 7.14 Å². The van der Waals surface area contributed by atoms with E-state index in [1.165, 1.54) is 80.1 Å². The second kappa shape index (κ2) is 18.2. The summed E-state index contributed by atoms with van der Waals surface area (Å²) in [4.78, 5) is 0.238. The Hall–Kier alpha value is -2.74. The van der Waals surface area contributed by atoms with Gasteiger partial charge in [0.15, 0.2) is 0 Å². The number of rotatable bonds is 15. The highest BCUT2D eigenvalue weighted by Crippen LogP contribution is 2.15. The Labute approximate surface area is 269 Å². The second-order valence-electron chi connectivity index (χ2n) is 10.8. The zero-order valence-electron chi connectivity index (χ0n) is 25.3. The van der Waals surface area contributed by atoms with Crippen LogP contribution in [0.1, 0.15) is 71.1 Å². The third-order valence-corrected chi connectivity index (χ3v) is 11.8. The zero-order valence-corrected chi connectivity index (χ0v) is 28.2. The first kappa shape index (κ1) is 33.2. The van der Waals surface area contributed by atoms with E-state index < -0.39 is 10.1 Å². The van der Waals surface area contributed by atoms with Crippen molar-refractivity contribution >= 4 is 31.7 Å². The molecule has 0 fully saturated rings. The smallest absolute Gasteiger partial charge is 0.266 e. The molecule has 0 saturated heterocycles. The summed E-state index contributed by atoms with van der Waals surface area (Å²) in [5.41, 5.74) is 0. The Morgan fingerprint density at radius 1 is 0.512 bits per heavy atom. The maximum absolute atomic E-state index is 11.9. The summed E-state index contributed by atoms with van der Waals surface area (Å²) in [5, 5.41) is 5.49. The van der Waals surface area contributed by atoms with E-state index in [2.05, 4.69) is 91.9 Å². The molecule has 0 heterocycles. The summed E-state index contributed by atoms with van der Waals surface area (Å²) in [6.45, 7) is 2.52. The second-order valence-corrected chi connectivity index (χ2v) is 15.3. The molecule has 0 aliphatic heterocycles. The highest BCUT2D eigenvalue weighted by atomic mass is 127. The van der Waals surface area contributed by atoms with Gasteiger partial charge in [-0.3, -0.25) is 4.18 Å². The van der Waals surface area contributed by atoms with Crippen molar-refractivity contribution in [1.82, 2.24) is 0 Å². The molecule has 0 radical (unpaired) electrons. The molecule has 5 rings (SSSR count). The molecule has 5 heteroatoms. The van der Waals surface area contributed by atoms with Gasteiger partial charge in [-0.25, -0.2) is 0 Å². The Kier molecular flexibility index (Phi) is 14.0. The van der Waals surface area contributed by atoms with E-state index in [9.17, 15) is 8.42 Å². The Morgan fingerprint density at radius 2 is 0.953 bits per heavy atom. The summed E-state index contributed by atoms with van der Waals surface area (Å²) >= 11 is -0.176. The first-order valence-electron chi connectivity index (χ1n) is 15.6. The van der Waals surface area contributed by atoms with E-state index in [0.717, 1.165) is 12.8 Å².